The average Bonchev–Trinajstić information content (AvgIpc) is 3.83. The van der Waals surface area contributed by atoms with Crippen LogP contribution in [0.15, 0.2) is 71.7 Å². The van der Waals surface area contributed by atoms with Crippen LogP contribution >= 0.6 is 22.9 Å². The number of halogens is 1. The Hall–Kier alpha value is -5.66. The molecule has 3 aromatic carbocycles. The number of piperidine rings is 1. The van der Waals surface area contributed by atoms with Crippen LogP contribution in [0.2, 0.25) is 5.02 Å². The van der Waals surface area contributed by atoms with Gasteiger partial charge in [-0.2, -0.15) is 0 Å². The van der Waals surface area contributed by atoms with Gasteiger partial charge in [0.25, 0.3) is 5.91 Å². The van der Waals surface area contributed by atoms with Gasteiger partial charge in [-0.15, -0.1) is 21.5 Å². The maximum absolute atomic E-state index is 13.3. The quantitative estimate of drug-likeness (QED) is 0.0784. The molecule has 3 aliphatic rings. The molecule has 4 amide bonds. The van der Waals surface area contributed by atoms with E-state index >= 15 is 0 Å². The van der Waals surface area contributed by atoms with Crippen LogP contribution in [0.1, 0.15) is 111 Å². The van der Waals surface area contributed by atoms with Gasteiger partial charge in [0.1, 0.15) is 22.9 Å². The van der Waals surface area contributed by atoms with Gasteiger partial charge >= 0.3 is 0 Å². The number of thiophene rings is 1. The van der Waals surface area contributed by atoms with Gasteiger partial charge in [0.2, 0.25) is 17.7 Å². The van der Waals surface area contributed by atoms with E-state index in [1.807, 2.05) is 43.3 Å². The van der Waals surface area contributed by atoms with Gasteiger partial charge in [-0.3, -0.25) is 34.1 Å². The summed E-state index contributed by atoms with van der Waals surface area (Å²) in [5.41, 5.74) is 8.84. The Kier molecular flexibility index (Phi) is 11.8. The topological polar surface area (TPSA) is 151 Å². The lowest BCUT2D eigenvalue weighted by Crippen LogP contribution is -2.52. The highest BCUT2D eigenvalue weighted by atomic mass is 35.5. The molecule has 1 saturated heterocycles. The normalized spacial score (nSPS) is 17.2. The monoisotopic (exact) mass is 830 g/mol. The first-order valence-electron chi connectivity index (χ1n) is 20.3. The van der Waals surface area contributed by atoms with Gasteiger partial charge in [-0.1, -0.05) is 60.8 Å². The van der Waals surface area contributed by atoms with Crippen molar-refractivity contribution in [1.29, 1.82) is 0 Å². The molecule has 0 bridgehead atoms. The summed E-state index contributed by atoms with van der Waals surface area (Å²) in [6.45, 7) is 7.99. The molecule has 0 aliphatic carbocycles. The van der Waals surface area contributed by atoms with Gasteiger partial charge in [-0.25, -0.2) is 0 Å². The standard InChI is InChI=1S/C45H47ClN8O4S/c1-26-27(2)59-45-40(26)41(31-11-13-33(46)14-12-31)49-36(42-52-51-28(3)54(42)45)24-39(56)48-21-7-5-4-6-20-47-34-15-8-29(9-16-34)22-30-10-17-35-32(23-30)25-53(44(35)58)37-18-19-38(55)50-43(37)57/h8-17,23,36-37,47H,4-7,18-22,24-25H2,1-3H3,(H,48,56)(H,50,55,57). The second kappa shape index (κ2) is 17.3. The SMILES string of the molecule is Cc1sc2c(c1C)C(c1ccc(Cl)cc1)=NC(CC(=O)NCCCCCCNc1ccc(Cc3ccc4c(c3)CN(C3CCC(=O)NC3=O)C4=O)cc1)c1nnc(C)n1-2. The molecule has 304 valence electrons. The number of amides is 4. The number of nitrogens with zero attached hydrogens (tertiary/aromatic N) is 5. The largest absolute Gasteiger partial charge is 0.385 e. The highest BCUT2D eigenvalue weighted by molar-refractivity contribution is 7.15. The number of rotatable bonds is 14. The van der Waals surface area contributed by atoms with E-state index in [9.17, 15) is 19.2 Å². The van der Waals surface area contributed by atoms with E-state index in [0.29, 0.717) is 35.9 Å². The van der Waals surface area contributed by atoms with Crippen LogP contribution in [0, 0.1) is 20.8 Å². The third-order valence-corrected chi connectivity index (χ3v) is 12.9. The Morgan fingerprint density at radius 1 is 0.915 bits per heavy atom. The summed E-state index contributed by atoms with van der Waals surface area (Å²) in [6.07, 6.45) is 5.45. The summed E-state index contributed by atoms with van der Waals surface area (Å²) in [6, 6.07) is 20.9. The summed E-state index contributed by atoms with van der Waals surface area (Å²) in [5, 5.41) is 19.6. The number of hydrogen-bond donors (Lipinski definition) is 3. The third-order valence-electron chi connectivity index (χ3n) is 11.4. The van der Waals surface area contributed by atoms with Gasteiger partial charge in [0, 0.05) is 58.3 Å². The minimum absolute atomic E-state index is 0.0626. The number of imide groups is 1. The number of aromatic nitrogens is 3. The molecule has 0 spiro atoms. The fraction of sp³-hybridized carbons (Fsp3) is 0.356. The lowest BCUT2D eigenvalue weighted by Gasteiger charge is -2.29. The second-order valence-electron chi connectivity index (χ2n) is 15.6. The van der Waals surface area contributed by atoms with Crippen molar-refractivity contribution in [1.82, 2.24) is 30.3 Å². The highest BCUT2D eigenvalue weighted by Gasteiger charge is 2.39. The van der Waals surface area contributed by atoms with E-state index in [-0.39, 0.29) is 30.6 Å². The molecule has 1 fully saturated rings. The lowest BCUT2D eigenvalue weighted by atomic mass is 9.99. The molecule has 2 aromatic heterocycles. The fourth-order valence-electron chi connectivity index (χ4n) is 8.16. The van der Waals surface area contributed by atoms with Crippen LogP contribution in [0.3, 0.4) is 0 Å². The van der Waals surface area contributed by atoms with E-state index in [0.717, 1.165) is 94.3 Å². The van der Waals surface area contributed by atoms with Crippen molar-refractivity contribution in [3.63, 3.8) is 0 Å². The number of aliphatic imine (C=N–C) groups is 1. The van der Waals surface area contributed by atoms with Crippen molar-refractivity contribution in [3.05, 3.63) is 127 Å². The molecular weight excluding hydrogens is 784 g/mol. The first-order valence-corrected chi connectivity index (χ1v) is 21.5. The smallest absolute Gasteiger partial charge is 0.255 e. The predicted octanol–water partition coefficient (Wildman–Crippen LogP) is 7.33. The summed E-state index contributed by atoms with van der Waals surface area (Å²) in [4.78, 5) is 58.3. The maximum Gasteiger partial charge on any atom is 0.255 e. The summed E-state index contributed by atoms with van der Waals surface area (Å²) < 4.78 is 2.06. The number of aryl methyl sites for hydroxylation is 2. The van der Waals surface area contributed by atoms with E-state index < -0.39 is 18.0 Å². The number of carbonyl (C=O) groups is 4. The molecule has 3 N–H and O–H groups in total. The second-order valence-corrected chi connectivity index (χ2v) is 17.2. The van der Waals surface area contributed by atoms with E-state index in [4.69, 9.17) is 16.6 Å². The molecule has 0 radical (unpaired) electrons. The molecule has 59 heavy (non-hydrogen) atoms. The van der Waals surface area contributed by atoms with Gasteiger partial charge in [0.15, 0.2) is 5.82 Å². The Morgan fingerprint density at radius 3 is 2.42 bits per heavy atom. The van der Waals surface area contributed by atoms with Gasteiger partial charge in [-0.05, 0) is 99.0 Å². The molecule has 5 aromatic rings. The summed E-state index contributed by atoms with van der Waals surface area (Å²) in [5.74, 6) is 0.532. The van der Waals surface area contributed by atoms with E-state index in [2.05, 4.69) is 74.9 Å². The molecule has 3 aliphatic heterocycles. The van der Waals surface area contributed by atoms with Crippen LogP contribution in [0.25, 0.3) is 5.00 Å². The lowest BCUT2D eigenvalue weighted by molar-refractivity contribution is -0.137. The first kappa shape index (κ1) is 40.1. The maximum atomic E-state index is 13.3. The molecule has 8 rings (SSSR count). The van der Waals surface area contributed by atoms with Crippen molar-refractivity contribution in [2.24, 2.45) is 4.99 Å². The molecule has 14 heteroatoms. The zero-order chi connectivity index (χ0) is 41.2. The summed E-state index contributed by atoms with van der Waals surface area (Å²) >= 11 is 7.93. The minimum atomic E-state index is -0.612. The molecule has 2 atom stereocenters. The van der Waals surface area contributed by atoms with Crippen LogP contribution in [0.5, 0.6) is 0 Å². The average molecular weight is 831 g/mol. The highest BCUT2D eigenvalue weighted by Crippen LogP contribution is 2.39. The van der Waals surface area contributed by atoms with Crippen molar-refractivity contribution in [2.75, 3.05) is 18.4 Å². The van der Waals surface area contributed by atoms with Crippen LogP contribution in [0.4, 0.5) is 5.69 Å². The fourth-order valence-corrected chi connectivity index (χ4v) is 9.50. The molecule has 2 unspecified atom stereocenters. The molecule has 12 nitrogen and oxygen atoms in total. The van der Waals surface area contributed by atoms with Gasteiger partial charge in [0.05, 0.1) is 12.1 Å². The third kappa shape index (κ3) is 8.58. The van der Waals surface area contributed by atoms with Crippen molar-refractivity contribution in [2.45, 2.75) is 90.8 Å². The summed E-state index contributed by atoms with van der Waals surface area (Å²) in [7, 11) is 0. The van der Waals surface area contributed by atoms with Crippen molar-refractivity contribution >= 4 is 58.0 Å². The zero-order valence-corrected chi connectivity index (χ0v) is 35.0. The van der Waals surface area contributed by atoms with Crippen molar-refractivity contribution in [3.8, 4) is 5.00 Å². The number of hydrogen-bond acceptors (Lipinski definition) is 9. The molecule has 5 heterocycles. The van der Waals surface area contributed by atoms with Crippen LogP contribution in [-0.2, 0) is 27.3 Å². The van der Waals surface area contributed by atoms with Gasteiger partial charge < -0.3 is 15.5 Å². The number of fused-ring (bicyclic) bond motifs is 4. The predicted molar refractivity (Wildman–Crippen MR) is 230 cm³/mol. The minimum Gasteiger partial charge on any atom is -0.385 e. The Labute approximate surface area is 352 Å². The molecule has 0 saturated carbocycles. The Bertz CT molecular complexity index is 2460. The van der Waals surface area contributed by atoms with E-state index in [1.165, 1.54) is 4.88 Å². The number of benzene rings is 3. The Morgan fingerprint density at radius 2 is 1.66 bits per heavy atom. The van der Waals surface area contributed by atoms with Crippen LogP contribution < -0.4 is 16.0 Å². The van der Waals surface area contributed by atoms with Crippen molar-refractivity contribution < 1.29 is 19.2 Å². The Balaban J connectivity index is 0.774. The van der Waals surface area contributed by atoms with Crippen LogP contribution in [-0.4, -0.2) is 68.1 Å². The number of anilines is 1. The first-order chi connectivity index (χ1) is 28.5. The molecular formula is C45H47ClN8O4S. The number of carbonyl (C=O) groups excluding carboxylic acids is 4. The zero-order valence-electron chi connectivity index (χ0n) is 33.4. The number of nitrogens with one attached hydrogen (secondary N) is 3. The van der Waals surface area contributed by atoms with E-state index in [1.54, 1.807) is 16.2 Å². The number of unbranched alkanes of at least 4 members (excludes halogenated alkanes) is 3.